The van der Waals surface area contributed by atoms with E-state index in [2.05, 4.69) is 15.5 Å². The first-order valence-corrected chi connectivity index (χ1v) is 3.98. The number of nitrogens with one attached hydrogen (secondary N) is 1. The minimum absolute atomic E-state index is 0.215. The fourth-order valence-corrected chi connectivity index (χ4v) is 0.832. The van der Waals surface area contributed by atoms with Gasteiger partial charge in [0.05, 0.1) is 0 Å². The van der Waals surface area contributed by atoms with E-state index in [0.29, 0.717) is 5.82 Å². The second kappa shape index (κ2) is 4.11. The lowest BCUT2D eigenvalue weighted by Crippen LogP contribution is -2.11. The summed E-state index contributed by atoms with van der Waals surface area (Å²) in [5.74, 6) is 0.513. The van der Waals surface area contributed by atoms with Crippen LogP contribution >= 0.6 is 0 Å². The molecule has 0 spiro atoms. The third-order valence-corrected chi connectivity index (χ3v) is 1.35. The zero-order valence-electron chi connectivity index (χ0n) is 7.46. The van der Waals surface area contributed by atoms with Crippen molar-refractivity contribution in [3.63, 3.8) is 0 Å². The van der Waals surface area contributed by atoms with Crippen molar-refractivity contribution < 1.29 is 8.78 Å². The first kappa shape index (κ1) is 9.83. The lowest BCUT2D eigenvalue weighted by atomic mass is 10.3. The molecule has 0 saturated heterocycles. The molecule has 5 heteroatoms. The molecule has 0 aliphatic rings. The molecule has 3 nitrogen and oxygen atoms in total. The normalized spacial score (nSPS) is 10.9. The van der Waals surface area contributed by atoms with Crippen LogP contribution in [0.4, 0.5) is 14.6 Å². The molecule has 1 aromatic heterocycles. The Labute approximate surface area is 75.2 Å². The molecule has 0 aliphatic carbocycles. The van der Waals surface area contributed by atoms with Crippen molar-refractivity contribution in [2.45, 2.75) is 26.3 Å². The van der Waals surface area contributed by atoms with E-state index < -0.39 is 6.43 Å². The van der Waals surface area contributed by atoms with Gasteiger partial charge in [-0.1, -0.05) is 0 Å². The van der Waals surface area contributed by atoms with Crippen LogP contribution in [0.3, 0.4) is 0 Å². The number of halogens is 2. The Kier molecular flexibility index (Phi) is 3.11. The van der Waals surface area contributed by atoms with Crippen LogP contribution in [-0.2, 0) is 0 Å². The van der Waals surface area contributed by atoms with Crippen LogP contribution in [0.15, 0.2) is 12.1 Å². The van der Waals surface area contributed by atoms with Crippen molar-refractivity contribution in [2.24, 2.45) is 0 Å². The van der Waals surface area contributed by atoms with Gasteiger partial charge < -0.3 is 5.32 Å². The van der Waals surface area contributed by atoms with Crippen LogP contribution in [0, 0.1) is 0 Å². The van der Waals surface area contributed by atoms with Crippen LogP contribution < -0.4 is 5.32 Å². The van der Waals surface area contributed by atoms with Crippen molar-refractivity contribution in [3.8, 4) is 0 Å². The van der Waals surface area contributed by atoms with E-state index in [1.165, 1.54) is 12.1 Å². The summed E-state index contributed by atoms with van der Waals surface area (Å²) in [5, 5.41) is 9.92. The highest BCUT2D eigenvalue weighted by molar-refractivity contribution is 5.33. The molecule has 0 amide bonds. The maximum atomic E-state index is 12.0. The van der Waals surface area contributed by atoms with E-state index in [0.717, 1.165) is 0 Å². The van der Waals surface area contributed by atoms with E-state index in [4.69, 9.17) is 0 Å². The molecule has 13 heavy (non-hydrogen) atoms. The summed E-state index contributed by atoms with van der Waals surface area (Å²) in [6, 6.07) is 2.98. The number of anilines is 1. The topological polar surface area (TPSA) is 37.8 Å². The maximum absolute atomic E-state index is 12.0. The molecule has 1 aromatic rings. The van der Waals surface area contributed by atoms with Crippen molar-refractivity contribution in [1.29, 1.82) is 0 Å². The molecule has 0 fully saturated rings. The van der Waals surface area contributed by atoms with E-state index in [1.807, 2.05) is 13.8 Å². The molecule has 0 saturated carbocycles. The number of nitrogens with zero attached hydrogens (tertiary/aromatic N) is 2. The summed E-state index contributed by atoms with van der Waals surface area (Å²) in [7, 11) is 0. The van der Waals surface area contributed by atoms with Crippen molar-refractivity contribution >= 4 is 5.82 Å². The molecule has 1 rings (SSSR count). The highest BCUT2D eigenvalue weighted by Gasteiger charge is 2.08. The fourth-order valence-electron chi connectivity index (χ4n) is 0.832. The average Bonchev–Trinajstić information content (AvgIpc) is 2.04. The molecule has 0 radical (unpaired) electrons. The zero-order valence-corrected chi connectivity index (χ0v) is 7.46. The summed E-state index contributed by atoms with van der Waals surface area (Å²) in [6.07, 6.45) is -2.55. The number of hydrogen-bond acceptors (Lipinski definition) is 3. The summed E-state index contributed by atoms with van der Waals surface area (Å²) < 4.78 is 24.1. The van der Waals surface area contributed by atoms with Crippen molar-refractivity contribution in [1.82, 2.24) is 10.2 Å². The Morgan fingerprint density at radius 3 is 2.31 bits per heavy atom. The van der Waals surface area contributed by atoms with Crippen LogP contribution in [0.1, 0.15) is 26.0 Å². The second-order valence-electron chi connectivity index (χ2n) is 2.94. The molecule has 1 N–H and O–H groups in total. The Balaban J connectivity index is 2.70. The standard InChI is InChI=1S/C8H11F2N3/c1-5(2)11-7-4-3-6(8(9)10)12-13-7/h3-5,8H,1-2H3,(H,11,13). The Hall–Kier alpha value is -1.26. The number of rotatable bonds is 3. The Bertz CT molecular complexity index is 259. The summed E-state index contributed by atoms with van der Waals surface area (Å²) in [4.78, 5) is 0. The molecule has 0 bridgehead atoms. The maximum Gasteiger partial charge on any atom is 0.282 e. The molecule has 0 aliphatic heterocycles. The number of hydrogen-bond donors (Lipinski definition) is 1. The summed E-state index contributed by atoms with van der Waals surface area (Å²) >= 11 is 0. The van der Waals surface area contributed by atoms with Crippen LogP contribution in [0.5, 0.6) is 0 Å². The molecule has 1 heterocycles. The van der Waals surface area contributed by atoms with Gasteiger partial charge in [0.25, 0.3) is 6.43 Å². The van der Waals surface area contributed by atoms with Gasteiger partial charge in [-0.05, 0) is 26.0 Å². The van der Waals surface area contributed by atoms with Gasteiger partial charge in [-0.25, -0.2) is 8.78 Å². The second-order valence-corrected chi connectivity index (χ2v) is 2.94. The Morgan fingerprint density at radius 1 is 1.23 bits per heavy atom. The van der Waals surface area contributed by atoms with Crippen molar-refractivity contribution in [2.75, 3.05) is 5.32 Å². The molecule has 0 aromatic carbocycles. The van der Waals surface area contributed by atoms with E-state index in [-0.39, 0.29) is 11.7 Å². The van der Waals surface area contributed by atoms with E-state index in [9.17, 15) is 8.78 Å². The highest BCUT2D eigenvalue weighted by atomic mass is 19.3. The van der Waals surface area contributed by atoms with Crippen LogP contribution in [0.2, 0.25) is 0 Å². The Morgan fingerprint density at radius 2 is 1.92 bits per heavy atom. The van der Waals surface area contributed by atoms with E-state index in [1.54, 1.807) is 0 Å². The monoisotopic (exact) mass is 187 g/mol. The quantitative estimate of drug-likeness (QED) is 0.788. The van der Waals surface area contributed by atoms with Gasteiger partial charge in [0.15, 0.2) is 0 Å². The van der Waals surface area contributed by atoms with Gasteiger partial charge in [-0.2, -0.15) is 0 Å². The number of aromatic nitrogens is 2. The molecular formula is C8H11F2N3. The van der Waals surface area contributed by atoms with Gasteiger partial charge in [0, 0.05) is 6.04 Å². The highest BCUT2D eigenvalue weighted by Crippen LogP contribution is 2.15. The van der Waals surface area contributed by atoms with E-state index >= 15 is 0 Å². The first-order chi connectivity index (χ1) is 6.09. The first-order valence-electron chi connectivity index (χ1n) is 3.98. The third kappa shape index (κ3) is 2.93. The van der Waals surface area contributed by atoms with Gasteiger partial charge in [-0.3, -0.25) is 0 Å². The summed E-state index contributed by atoms with van der Waals surface area (Å²) in [5.41, 5.74) is -0.297. The largest absolute Gasteiger partial charge is 0.366 e. The SMILES string of the molecule is CC(C)Nc1ccc(C(F)F)nn1. The number of alkyl halides is 2. The smallest absolute Gasteiger partial charge is 0.282 e. The minimum atomic E-state index is -2.55. The van der Waals surface area contributed by atoms with Gasteiger partial charge >= 0.3 is 0 Å². The zero-order chi connectivity index (χ0) is 9.84. The lowest BCUT2D eigenvalue weighted by Gasteiger charge is -2.07. The molecule has 72 valence electrons. The summed E-state index contributed by atoms with van der Waals surface area (Å²) in [6.45, 7) is 3.87. The van der Waals surface area contributed by atoms with Gasteiger partial charge in [-0.15, -0.1) is 10.2 Å². The average molecular weight is 187 g/mol. The predicted molar refractivity (Wildman–Crippen MR) is 45.7 cm³/mol. The van der Waals surface area contributed by atoms with Gasteiger partial charge in [0.2, 0.25) is 0 Å². The molecule has 0 unspecified atom stereocenters. The predicted octanol–water partition coefficient (Wildman–Crippen LogP) is 2.23. The van der Waals surface area contributed by atoms with Crippen molar-refractivity contribution in [3.05, 3.63) is 17.8 Å². The molecule has 0 atom stereocenters. The fraction of sp³-hybridized carbons (Fsp3) is 0.500. The lowest BCUT2D eigenvalue weighted by molar-refractivity contribution is 0.145. The van der Waals surface area contributed by atoms with Gasteiger partial charge in [0.1, 0.15) is 11.5 Å². The van der Waals surface area contributed by atoms with Crippen LogP contribution in [0.25, 0.3) is 0 Å². The molecular weight excluding hydrogens is 176 g/mol. The van der Waals surface area contributed by atoms with Crippen LogP contribution in [-0.4, -0.2) is 16.2 Å². The third-order valence-electron chi connectivity index (χ3n) is 1.35. The minimum Gasteiger partial charge on any atom is -0.366 e.